The molecule has 0 amide bonds. The first kappa shape index (κ1) is 16.6. The third-order valence-corrected chi connectivity index (χ3v) is 2.66. The fraction of sp³-hybridized carbons (Fsp3) is 0.800. The van der Waals surface area contributed by atoms with Crippen molar-refractivity contribution in [1.82, 2.24) is 0 Å². The third-order valence-electron chi connectivity index (χ3n) is 1.18. The molecule has 0 radical (unpaired) electrons. The van der Waals surface area contributed by atoms with Crippen molar-refractivity contribution in [2.24, 2.45) is 0 Å². The van der Waals surface area contributed by atoms with Gasteiger partial charge in [0.15, 0.2) is 0 Å². The number of rotatable bonds is 8. The van der Waals surface area contributed by atoms with Crippen LogP contribution in [0.1, 0.15) is 27.7 Å². The highest BCUT2D eigenvalue weighted by Crippen LogP contribution is 2.15. The van der Waals surface area contributed by atoms with Crippen LogP contribution in [0.5, 0.6) is 0 Å². The molecule has 0 aliphatic heterocycles. The molecule has 0 aliphatic carbocycles. The zero-order valence-corrected chi connectivity index (χ0v) is 12.1. The van der Waals surface area contributed by atoms with Crippen LogP contribution in [-0.2, 0) is 22.7 Å². The van der Waals surface area contributed by atoms with Crippen LogP contribution in [0, 0.1) is 0 Å². The second kappa shape index (κ2) is 9.61. The van der Waals surface area contributed by atoms with Crippen molar-refractivity contribution in [3.8, 4) is 0 Å². The summed E-state index contributed by atoms with van der Waals surface area (Å²) >= 11 is 1.89. The molecule has 100 valence electrons. The normalized spacial score (nSPS) is 10.7. The molecule has 0 saturated carbocycles. The van der Waals surface area contributed by atoms with E-state index in [0.29, 0.717) is 0 Å². The van der Waals surface area contributed by atoms with Crippen LogP contribution >= 0.6 is 24.1 Å². The van der Waals surface area contributed by atoms with Crippen molar-refractivity contribution in [3.63, 3.8) is 0 Å². The van der Waals surface area contributed by atoms with Gasteiger partial charge in [0.1, 0.15) is 11.5 Å². The van der Waals surface area contributed by atoms with Gasteiger partial charge in [0, 0.05) is 24.1 Å². The van der Waals surface area contributed by atoms with E-state index in [0.717, 1.165) is 24.1 Å². The number of ether oxygens (including phenoxy) is 2. The Hall–Kier alpha value is -0.400. The average Bonchev–Trinajstić information content (AvgIpc) is 2.14. The predicted octanol–water partition coefficient (Wildman–Crippen LogP) is 2.20. The first-order valence-corrected chi connectivity index (χ1v) is 7.04. The van der Waals surface area contributed by atoms with Gasteiger partial charge in [0.25, 0.3) is 0 Å². The molecule has 0 aromatic carbocycles. The van der Waals surface area contributed by atoms with Crippen LogP contribution in [0.15, 0.2) is 0 Å². The maximum atomic E-state index is 11.1. The summed E-state index contributed by atoms with van der Waals surface area (Å²) in [5.41, 5.74) is 0. The molecule has 0 heterocycles. The molecule has 0 rings (SSSR count). The first-order chi connectivity index (χ1) is 7.91. The zero-order valence-electron chi connectivity index (χ0n) is 10.4. The highest BCUT2D eigenvalue weighted by atomic mass is 32.2. The summed E-state index contributed by atoms with van der Waals surface area (Å²) < 4.78 is 14.7. The highest BCUT2D eigenvalue weighted by molar-refractivity contribution is 8.08. The SMILES string of the molecule is CC(C)OC(=O)CSOSCC(=O)OC(C)C. The number of hydrogen-bond acceptors (Lipinski definition) is 7. The van der Waals surface area contributed by atoms with E-state index in [1.807, 2.05) is 0 Å². The lowest BCUT2D eigenvalue weighted by Gasteiger charge is -2.07. The second-order valence-electron chi connectivity index (χ2n) is 3.67. The van der Waals surface area contributed by atoms with Crippen molar-refractivity contribution in [1.29, 1.82) is 0 Å². The number of carbonyl (C=O) groups excluding carboxylic acids is 2. The molecule has 0 fully saturated rings. The van der Waals surface area contributed by atoms with E-state index in [9.17, 15) is 9.59 Å². The number of esters is 2. The highest BCUT2D eigenvalue weighted by Gasteiger charge is 2.08. The Bertz CT molecular complexity index is 219. The van der Waals surface area contributed by atoms with Crippen molar-refractivity contribution >= 4 is 36.0 Å². The van der Waals surface area contributed by atoms with Gasteiger partial charge in [-0.05, 0) is 27.7 Å². The lowest BCUT2D eigenvalue weighted by Crippen LogP contribution is -2.14. The summed E-state index contributed by atoms with van der Waals surface area (Å²) in [6.07, 6.45) is -0.256. The summed E-state index contributed by atoms with van der Waals surface area (Å²) in [4.78, 5) is 22.1. The van der Waals surface area contributed by atoms with E-state index < -0.39 is 0 Å². The van der Waals surface area contributed by atoms with Gasteiger partial charge < -0.3 is 9.47 Å². The summed E-state index contributed by atoms with van der Waals surface area (Å²) in [7, 11) is 0. The van der Waals surface area contributed by atoms with Crippen molar-refractivity contribution in [2.75, 3.05) is 11.5 Å². The molecule has 0 bridgehead atoms. The van der Waals surface area contributed by atoms with Gasteiger partial charge in [-0.25, -0.2) is 3.63 Å². The standard InChI is InChI=1S/C10H18O5S2/c1-7(2)13-9(11)5-16-15-17-6-10(12)14-8(3)4/h7-8H,5-6H2,1-4H3. The summed E-state index contributed by atoms with van der Waals surface area (Å²) in [6.45, 7) is 7.11. The van der Waals surface area contributed by atoms with Crippen LogP contribution in [0.2, 0.25) is 0 Å². The largest absolute Gasteiger partial charge is 0.462 e. The lowest BCUT2D eigenvalue weighted by atomic mass is 10.5. The molecule has 7 heteroatoms. The van der Waals surface area contributed by atoms with Crippen LogP contribution in [0.25, 0.3) is 0 Å². The van der Waals surface area contributed by atoms with Gasteiger partial charge in [-0.2, -0.15) is 0 Å². The molecule has 0 aliphatic rings. The maximum Gasteiger partial charge on any atom is 0.318 e. The smallest absolute Gasteiger partial charge is 0.318 e. The summed E-state index contributed by atoms with van der Waals surface area (Å²) in [5, 5.41) is 0. The van der Waals surface area contributed by atoms with Crippen LogP contribution in [0.3, 0.4) is 0 Å². The third kappa shape index (κ3) is 11.9. The van der Waals surface area contributed by atoms with E-state index in [-0.39, 0.29) is 35.7 Å². The summed E-state index contributed by atoms with van der Waals surface area (Å²) in [5.74, 6) is -0.472. The molecular formula is C10H18O5S2. The molecule has 0 N–H and O–H groups in total. The molecule has 17 heavy (non-hydrogen) atoms. The van der Waals surface area contributed by atoms with E-state index >= 15 is 0 Å². The molecule has 0 spiro atoms. The Morgan fingerprint density at radius 3 is 1.53 bits per heavy atom. The molecule has 0 aromatic heterocycles. The Labute approximate surface area is 110 Å². The van der Waals surface area contributed by atoms with Gasteiger partial charge in [0.2, 0.25) is 0 Å². The van der Waals surface area contributed by atoms with Crippen molar-refractivity contribution < 1.29 is 22.7 Å². The lowest BCUT2D eigenvalue weighted by molar-refractivity contribution is -0.145. The quantitative estimate of drug-likeness (QED) is 0.384. The van der Waals surface area contributed by atoms with Gasteiger partial charge in [0.05, 0.1) is 12.2 Å². The first-order valence-electron chi connectivity index (χ1n) is 5.22. The van der Waals surface area contributed by atoms with Gasteiger partial charge in [-0.15, -0.1) is 0 Å². The predicted molar refractivity (Wildman–Crippen MR) is 68.5 cm³/mol. The van der Waals surface area contributed by atoms with Crippen LogP contribution in [0.4, 0.5) is 0 Å². The van der Waals surface area contributed by atoms with Crippen molar-refractivity contribution in [2.45, 2.75) is 39.9 Å². The minimum atomic E-state index is -0.338. The fourth-order valence-corrected chi connectivity index (χ4v) is 1.76. The minimum absolute atomic E-state index is 0.102. The molecule has 5 nitrogen and oxygen atoms in total. The van der Waals surface area contributed by atoms with E-state index in [4.69, 9.17) is 13.1 Å². The average molecular weight is 282 g/mol. The maximum absolute atomic E-state index is 11.1. The van der Waals surface area contributed by atoms with Crippen LogP contribution in [-0.4, -0.2) is 35.7 Å². The molecule has 0 saturated heterocycles. The van der Waals surface area contributed by atoms with Crippen molar-refractivity contribution in [3.05, 3.63) is 0 Å². The Balaban J connectivity index is 3.40. The fourth-order valence-electron chi connectivity index (χ4n) is 0.772. The molecule has 0 unspecified atom stereocenters. The van der Waals surface area contributed by atoms with E-state index in [2.05, 4.69) is 0 Å². The van der Waals surface area contributed by atoms with Gasteiger partial charge in [-0.1, -0.05) is 0 Å². The number of carbonyl (C=O) groups is 2. The van der Waals surface area contributed by atoms with E-state index in [1.54, 1.807) is 27.7 Å². The second-order valence-corrected chi connectivity index (χ2v) is 5.26. The molecule has 0 atom stereocenters. The number of hydrogen-bond donors (Lipinski definition) is 0. The van der Waals surface area contributed by atoms with Gasteiger partial charge in [-0.3, -0.25) is 9.59 Å². The monoisotopic (exact) mass is 282 g/mol. The minimum Gasteiger partial charge on any atom is -0.462 e. The Morgan fingerprint density at radius 1 is 0.882 bits per heavy atom. The van der Waals surface area contributed by atoms with Gasteiger partial charge >= 0.3 is 11.9 Å². The Kier molecular flexibility index (Phi) is 9.39. The molecular weight excluding hydrogens is 264 g/mol. The molecule has 0 aromatic rings. The summed E-state index contributed by atoms with van der Waals surface area (Å²) in [6, 6.07) is 0. The topological polar surface area (TPSA) is 61.8 Å². The van der Waals surface area contributed by atoms with E-state index in [1.165, 1.54) is 0 Å². The zero-order chi connectivity index (χ0) is 13.3. The van der Waals surface area contributed by atoms with Crippen LogP contribution < -0.4 is 0 Å². The Morgan fingerprint density at radius 2 is 1.24 bits per heavy atom.